The standard InChI is InChI=1S/C18H24.3CO.Cr/c1-7-13-14(8-2)16(10-4)18(12-6)17(11-5)15(13)9-3;3*1-2;/h7-12H,1-6H3;;;;/q-6;;;;+6. The summed E-state index contributed by atoms with van der Waals surface area (Å²) in [4.78, 5) is 0. The summed E-state index contributed by atoms with van der Waals surface area (Å²) in [6.45, 7) is 26.2. The summed E-state index contributed by atoms with van der Waals surface area (Å²) in [5, 5.41) is 0. The molecule has 0 atom stereocenters. The third kappa shape index (κ3) is 8.00. The Morgan fingerprint density at radius 1 is 0.600 bits per heavy atom. The van der Waals surface area contributed by atoms with Gasteiger partial charge in [-0.1, -0.05) is 0 Å². The quantitative estimate of drug-likeness (QED) is 0.485. The zero-order valence-corrected chi connectivity index (χ0v) is 16.9. The Morgan fingerprint density at radius 3 is 0.840 bits per heavy atom. The van der Waals surface area contributed by atoms with Crippen molar-refractivity contribution in [2.75, 3.05) is 0 Å². The van der Waals surface area contributed by atoms with Gasteiger partial charge in [-0.25, -0.2) is 20.8 Å². The molecule has 0 heterocycles. The summed E-state index contributed by atoms with van der Waals surface area (Å²) < 4.78 is 22.5. The van der Waals surface area contributed by atoms with E-state index in [1.54, 1.807) is 0 Å². The Labute approximate surface area is 164 Å². The Kier molecular flexibility index (Phi) is 25.9. The molecule has 0 aromatic rings. The van der Waals surface area contributed by atoms with Gasteiger partial charge in [-0.05, 0) is 6.92 Å². The summed E-state index contributed by atoms with van der Waals surface area (Å²) in [7, 11) is 0. The van der Waals surface area contributed by atoms with Crippen LogP contribution in [0.15, 0.2) is 34.9 Å². The monoisotopic (exact) mass is 376 g/mol. The summed E-state index contributed by atoms with van der Waals surface area (Å²) in [5.74, 6) is 4.02. The molecule has 1 saturated carbocycles. The Bertz CT molecular complexity index is 392. The number of hydrogen-bond acceptors (Lipinski definition) is 0. The summed E-state index contributed by atoms with van der Waals surface area (Å²) in [6, 6.07) is 0. The molecular weight excluding hydrogens is 352 g/mol. The summed E-state index contributed by atoms with van der Waals surface area (Å²) in [6.07, 6.45) is 13.3. The first-order valence-electron chi connectivity index (χ1n) is 7.31. The van der Waals surface area contributed by atoms with E-state index in [1.165, 1.54) is 34.5 Å². The van der Waals surface area contributed by atoms with Crippen LogP contribution in [0, 0.1) is 57.0 Å². The van der Waals surface area contributed by atoms with Gasteiger partial charge in [-0.2, -0.15) is 0 Å². The van der Waals surface area contributed by atoms with Crippen LogP contribution in [0.2, 0.25) is 0 Å². The van der Waals surface area contributed by atoms with E-state index in [9.17, 15) is 0 Å². The molecule has 0 amide bonds. The Balaban J connectivity index is -0.000000284. The van der Waals surface area contributed by atoms with Gasteiger partial charge in [-0.15, -0.1) is 19.9 Å². The predicted octanol–water partition coefficient (Wildman–Crippen LogP) is 5.12. The number of rotatable bonds is 3. The molecule has 0 radical (unpaired) electrons. The molecule has 1 fully saturated rings. The molecule has 1 rings (SSSR count). The van der Waals surface area contributed by atoms with Gasteiger partial charge in [0.2, 0.25) is 0 Å². The van der Waals surface area contributed by atoms with Gasteiger partial charge in [0.1, 0.15) is 0 Å². The smallest absolute Gasteiger partial charge is 6.00 e. The average molecular weight is 376 g/mol. The van der Waals surface area contributed by atoms with Gasteiger partial charge in [0.15, 0.2) is 0 Å². The van der Waals surface area contributed by atoms with Crippen molar-refractivity contribution in [2.45, 2.75) is 41.5 Å². The van der Waals surface area contributed by atoms with E-state index >= 15 is 0 Å². The van der Waals surface area contributed by atoms with E-state index in [0.717, 1.165) is 0 Å². The van der Waals surface area contributed by atoms with E-state index in [0.29, 0.717) is 0 Å². The maximum atomic E-state index is 7.50. The fourth-order valence-electron chi connectivity index (χ4n) is 2.74. The van der Waals surface area contributed by atoms with Gasteiger partial charge in [0.05, 0.1) is 0 Å². The molecule has 1 aliphatic carbocycles. The van der Waals surface area contributed by atoms with Crippen LogP contribution in [0.3, 0.4) is 0 Å². The fraction of sp³-hybridized carbons (Fsp3) is 0.286. The second-order valence-electron chi connectivity index (χ2n) is 4.21. The Morgan fingerprint density at radius 2 is 0.760 bits per heavy atom. The van der Waals surface area contributed by atoms with Crippen molar-refractivity contribution in [1.29, 1.82) is 0 Å². The van der Waals surface area contributed by atoms with E-state index in [4.69, 9.17) is 14.0 Å². The largest absolute Gasteiger partial charge is 6.00 e. The van der Waals surface area contributed by atoms with Crippen LogP contribution in [0.4, 0.5) is 0 Å². The molecule has 0 spiro atoms. The normalized spacial score (nSPS) is 12.0. The molecule has 25 heavy (non-hydrogen) atoms. The predicted molar refractivity (Wildman–Crippen MR) is 92.7 cm³/mol. The van der Waals surface area contributed by atoms with Crippen LogP contribution in [0.25, 0.3) is 0 Å². The van der Waals surface area contributed by atoms with Crippen molar-refractivity contribution in [3.63, 3.8) is 0 Å². The molecule has 3 nitrogen and oxygen atoms in total. The third-order valence-corrected chi connectivity index (χ3v) is 3.47. The van der Waals surface area contributed by atoms with Gasteiger partial charge in [-0.3, -0.25) is 17.7 Å². The Hall–Kier alpha value is -1.42. The molecule has 0 aromatic heterocycles. The first kappa shape index (κ1) is 31.4. The van der Waals surface area contributed by atoms with Crippen LogP contribution in [0.1, 0.15) is 41.5 Å². The van der Waals surface area contributed by atoms with Crippen LogP contribution < -0.4 is 0 Å². The molecule has 0 aromatic carbocycles. The van der Waals surface area contributed by atoms with Gasteiger partial charge in [0, 0.05) is 0 Å². The zero-order valence-electron chi connectivity index (χ0n) is 15.6. The maximum Gasteiger partial charge on any atom is 6.00 e. The summed E-state index contributed by atoms with van der Waals surface area (Å²) >= 11 is 0. The van der Waals surface area contributed by atoms with Crippen molar-refractivity contribution in [3.8, 4) is 0 Å². The average Bonchev–Trinajstić information content (AvgIpc) is 2.69. The number of hydrogen-bond donors (Lipinski definition) is 0. The van der Waals surface area contributed by atoms with Gasteiger partial charge in [0.25, 0.3) is 0 Å². The van der Waals surface area contributed by atoms with Crippen molar-refractivity contribution >= 4 is 0 Å². The van der Waals surface area contributed by atoms with Crippen LogP contribution in [-0.4, -0.2) is 0 Å². The van der Waals surface area contributed by atoms with Gasteiger partial charge < -0.3 is 48.2 Å². The molecule has 0 unspecified atom stereocenters. The SMILES string of the molecule is CC=C1[C-]([CH-]C)C(=CC)[C-]([CH-]C)C(=CC)[C-]1[CH-]C.[C-]#[O+].[C-]#[O+].[C-]#[O+].[Cr+6]. The third-order valence-electron chi connectivity index (χ3n) is 3.47. The molecule has 132 valence electrons. The van der Waals surface area contributed by atoms with Crippen molar-refractivity contribution in [1.82, 2.24) is 0 Å². The van der Waals surface area contributed by atoms with E-state index in [-0.39, 0.29) is 17.4 Å². The minimum Gasteiger partial charge on any atom is 6.00 e. The van der Waals surface area contributed by atoms with E-state index < -0.39 is 0 Å². The van der Waals surface area contributed by atoms with E-state index in [2.05, 4.69) is 99.0 Å². The minimum atomic E-state index is 0. The van der Waals surface area contributed by atoms with Gasteiger partial charge >= 0.3 is 51.3 Å². The molecule has 0 N–H and O–H groups in total. The molecule has 0 bridgehead atoms. The number of allylic oxidation sites excluding steroid dienone is 6. The van der Waals surface area contributed by atoms with Crippen molar-refractivity contribution < 1.29 is 31.3 Å². The van der Waals surface area contributed by atoms with Crippen molar-refractivity contribution in [3.05, 3.63) is 91.9 Å². The van der Waals surface area contributed by atoms with Crippen molar-refractivity contribution in [2.24, 2.45) is 0 Å². The maximum absolute atomic E-state index is 7.50. The first-order valence-corrected chi connectivity index (χ1v) is 7.31. The second kappa shape index (κ2) is 20.6. The second-order valence-corrected chi connectivity index (χ2v) is 4.21. The van der Waals surface area contributed by atoms with Crippen LogP contribution in [-0.2, 0) is 31.3 Å². The first-order chi connectivity index (χ1) is 11.7. The minimum absolute atomic E-state index is 0. The fourth-order valence-corrected chi connectivity index (χ4v) is 2.74. The molecule has 4 heteroatoms. The molecule has 0 aliphatic heterocycles. The molecule has 0 saturated heterocycles. The zero-order chi connectivity index (χ0) is 19.7. The molecular formula is C21H24CrO3. The summed E-state index contributed by atoms with van der Waals surface area (Å²) in [5.41, 5.74) is 4.02. The van der Waals surface area contributed by atoms with Crippen LogP contribution in [0.5, 0.6) is 0 Å². The van der Waals surface area contributed by atoms with E-state index in [1.807, 2.05) is 0 Å². The molecule has 1 aliphatic rings. The topological polar surface area (TPSA) is 59.7 Å². The van der Waals surface area contributed by atoms with Crippen LogP contribution >= 0.6 is 0 Å².